The van der Waals surface area contributed by atoms with E-state index < -0.39 is 0 Å². The van der Waals surface area contributed by atoms with Gasteiger partial charge in [-0.05, 0) is 105 Å². The average molecular weight is 484 g/mol. The largest absolute Gasteiger partial charge is 0.491 e. The molecule has 4 aliphatic carbocycles. The van der Waals surface area contributed by atoms with Crippen molar-refractivity contribution in [3.8, 4) is 0 Å². The molecule has 35 heavy (non-hydrogen) atoms. The summed E-state index contributed by atoms with van der Waals surface area (Å²) in [4.78, 5) is 11.3. The second-order valence-corrected chi connectivity index (χ2v) is 13.5. The molecule has 4 nitrogen and oxygen atoms in total. The van der Waals surface area contributed by atoms with Crippen LogP contribution in [0.1, 0.15) is 106 Å². The van der Waals surface area contributed by atoms with Gasteiger partial charge in [0.15, 0.2) is 0 Å². The Hall–Kier alpha value is -1.29. The molecule has 0 radical (unpaired) electrons. The lowest BCUT2D eigenvalue weighted by atomic mass is 9.47. The standard InChI is InChI=1S/C31H49NO3/c1-7-31-17-26-24-10-9-22-16-23(34)12-14-29(22,5)25(24)13-15-30(26,6)28(31)20(3)27(35-31)11-8-19(2)18-32-21(4)33/h9,19,23-26,28,34H,7-8,10-18H2,1-6H3,(H,32,33)/t19-,23-,24-,25-,26+,28+,29+,30+,31+/m1/s1. The van der Waals surface area contributed by atoms with Gasteiger partial charge in [-0.1, -0.05) is 39.3 Å². The van der Waals surface area contributed by atoms with E-state index >= 15 is 0 Å². The maximum atomic E-state index is 11.3. The summed E-state index contributed by atoms with van der Waals surface area (Å²) in [5.41, 5.74) is 3.68. The first-order valence-corrected chi connectivity index (χ1v) is 14.5. The topological polar surface area (TPSA) is 58.6 Å². The maximum Gasteiger partial charge on any atom is 0.216 e. The Balaban J connectivity index is 1.37. The smallest absolute Gasteiger partial charge is 0.216 e. The minimum absolute atomic E-state index is 0.0255. The molecule has 0 bridgehead atoms. The molecular formula is C31H49NO3. The average Bonchev–Trinajstić information content (AvgIpc) is 3.25. The van der Waals surface area contributed by atoms with Crippen LogP contribution in [-0.4, -0.2) is 29.3 Å². The van der Waals surface area contributed by atoms with Crippen molar-refractivity contribution in [2.75, 3.05) is 6.54 Å². The summed E-state index contributed by atoms with van der Waals surface area (Å²) in [6.07, 6.45) is 13.6. The highest BCUT2D eigenvalue weighted by atomic mass is 16.5. The number of aliphatic hydroxyl groups is 1. The quantitative estimate of drug-likeness (QED) is 0.422. The van der Waals surface area contributed by atoms with E-state index in [2.05, 4.69) is 46.0 Å². The number of rotatable bonds is 6. The molecule has 9 atom stereocenters. The summed E-state index contributed by atoms with van der Waals surface area (Å²) in [7, 11) is 0. The fraction of sp³-hybridized carbons (Fsp3) is 0.839. The van der Waals surface area contributed by atoms with E-state index in [0.717, 1.165) is 62.8 Å². The molecule has 1 aliphatic heterocycles. The molecule has 0 unspecified atom stereocenters. The number of carbonyl (C=O) groups is 1. The van der Waals surface area contributed by atoms with Crippen LogP contribution in [0.2, 0.25) is 0 Å². The first kappa shape index (κ1) is 25.4. The highest BCUT2D eigenvalue weighted by Gasteiger charge is 2.68. The second kappa shape index (κ2) is 8.92. The van der Waals surface area contributed by atoms with Gasteiger partial charge in [0.2, 0.25) is 5.91 Å². The molecule has 1 amide bonds. The number of hydrogen-bond donors (Lipinski definition) is 2. The number of amides is 1. The van der Waals surface area contributed by atoms with E-state index in [-0.39, 0.29) is 17.6 Å². The Morgan fingerprint density at radius 1 is 1.26 bits per heavy atom. The molecular weight excluding hydrogens is 434 g/mol. The van der Waals surface area contributed by atoms with Gasteiger partial charge in [-0.2, -0.15) is 0 Å². The third kappa shape index (κ3) is 3.92. The van der Waals surface area contributed by atoms with Crippen LogP contribution < -0.4 is 5.32 Å². The van der Waals surface area contributed by atoms with Crippen molar-refractivity contribution in [1.82, 2.24) is 5.32 Å². The Kier molecular flexibility index (Phi) is 6.47. The van der Waals surface area contributed by atoms with Gasteiger partial charge in [0.1, 0.15) is 5.60 Å². The van der Waals surface area contributed by atoms with E-state index in [0.29, 0.717) is 22.7 Å². The van der Waals surface area contributed by atoms with Crippen LogP contribution in [0.15, 0.2) is 23.0 Å². The van der Waals surface area contributed by atoms with Crippen LogP contribution in [0.25, 0.3) is 0 Å². The number of nitrogens with one attached hydrogen (secondary N) is 1. The maximum absolute atomic E-state index is 11.3. The van der Waals surface area contributed by atoms with Gasteiger partial charge in [-0.25, -0.2) is 0 Å². The molecule has 5 aliphatic rings. The lowest BCUT2D eigenvalue weighted by Gasteiger charge is -2.57. The van der Waals surface area contributed by atoms with Crippen molar-refractivity contribution < 1.29 is 14.6 Å². The molecule has 0 aromatic heterocycles. The number of allylic oxidation sites excluding steroid dienone is 2. The summed E-state index contributed by atoms with van der Waals surface area (Å²) in [5, 5.41) is 13.3. The molecule has 5 rings (SSSR count). The fourth-order valence-corrected chi connectivity index (χ4v) is 9.77. The van der Waals surface area contributed by atoms with Gasteiger partial charge >= 0.3 is 0 Å². The minimum atomic E-state index is -0.130. The van der Waals surface area contributed by atoms with Crippen molar-refractivity contribution in [1.29, 1.82) is 0 Å². The monoisotopic (exact) mass is 483 g/mol. The van der Waals surface area contributed by atoms with E-state index in [9.17, 15) is 9.90 Å². The Morgan fingerprint density at radius 3 is 2.74 bits per heavy atom. The van der Waals surface area contributed by atoms with Gasteiger partial charge in [0.05, 0.1) is 11.9 Å². The van der Waals surface area contributed by atoms with E-state index in [1.807, 2.05) is 0 Å². The first-order valence-electron chi connectivity index (χ1n) is 14.5. The van der Waals surface area contributed by atoms with Crippen molar-refractivity contribution in [3.05, 3.63) is 23.0 Å². The third-order valence-corrected chi connectivity index (χ3v) is 11.6. The normalized spacial score (nSPS) is 45.0. The van der Waals surface area contributed by atoms with Crippen LogP contribution in [-0.2, 0) is 9.53 Å². The van der Waals surface area contributed by atoms with Crippen molar-refractivity contribution >= 4 is 5.91 Å². The van der Waals surface area contributed by atoms with Crippen LogP contribution in [0.5, 0.6) is 0 Å². The van der Waals surface area contributed by atoms with Crippen LogP contribution >= 0.6 is 0 Å². The minimum Gasteiger partial charge on any atom is -0.491 e. The van der Waals surface area contributed by atoms with Crippen LogP contribution in [0.4, 0.5) is 0 Å². The Morgan fingerprint density at radius 2 is 2.03 bits per heavy atom. The molecule has 0 aromatic carbocycles. The number of ether oxygens (including phenoxy) is 1. The van der Waals surface area contributed by atoms with Gasteiger partial charge in [-0.15, -0.1) is 0 Å². The number of hydrogen-bond acceptors (Lipinski definition) is 3. The number of fused-ring (bicyclic) bond motifs is 7. The van der Waals surface area contributed by atoms with E-state index in [1.165, 1.54) is 37.0 Å². The Labute approximate surface area is 213 Å². The second-order valence-electron chi connectivity index (χ2n) is 13.5. The van der Waals surface area contributed by atoms with E-state index in [4.69, 9.17) is 4.74 Å². The zero-order chi connectivity index (χ0) is 25.2. The molecule has 0 spiro atoms. The fourth-order valence-electron chi connectivity index (χ4n) is 9.77. The summed E-state index contributed by atoms with van der Waals surface area (Å²) in [6, 6.07) is 0. The third-order valence-electron chi connectivity index (χ3n) is 11.6. The summed E-state index contributed by atoms with van der Waals surface area (Å²) < 4.78 is 7.04. The van der Waals surface area contributed by atoms with Crippen molar-refractivity contribution in [3.63, 3.8) is 0 Å². The van der Waals surface area contributed by atoms with Gasteiger partial charge < -0.3 is 15.2 Å². The molecule has 0 aromatic rings. The molecule has 1 heterocycles. The molecule has 2 N–H and O–H groups in total. The molecule has 3 fully saturated rings. The van der Waals surface area contributed by atoms with Crippen molar-refractivity contribution in [2.24, 2.45) is 40.4 Å². The van der Waals surface area contributed by atoms with Crippen LogP contribution in [0.3, 0.4) is 0 Å². The lowest BCUT2D eigenvalue weighted by molar-refractivity contribution is -0.119. The van der Waals surface area contributed by atoms with Crippen molar-refractivity contribution in [2.45, 2.75) is 117 Å². The summed E-state index contributed by atoms with van der Waals surface area (Å²) in [5.74, 6) is 4.55. The molecule has 4 heteroatoms. The van der Waals surface area contributed by atoms with Crippen LogP contribution in [0, 0.1) is 40.4 Å². The predicted molar refractivity (Wildman–Crippen MR) is 140 cm³/mol. The zero-order valence-corrected chi connectivity index (χ0v) is 23.1. The first-order chi connectivity index (χ1) is 16.5. The SMILES string of the molecule is CC[C@]12C[C@H]3[C@@H]4CC=C5C[C@H](O)CC[C@]5(C)[C@@H]4CC[C@]3(C)[C@@H]1C(C)=C(CC[C@@H](C)CNC(C)=O)O2. The number of aliphatic hydroxyl groups excluding tert-OH is 1. The van der Waals surface area contributed by atoms with Gasteiger partial charge in [-0.3, -0.25) is 4.79 Å². The Bertz CT molecular complexity index is 922. The molecule has 3 saturated carbocycles. The van der Waals surface area contributed by atoms with Gasteiger partial charge in [0.25, 0.3) is 0 Å². The molecule has 0 saturated heterocycles. The van der Waals surface area contributed by atoms with E-state index in [1.54, 1.807) is 12.5 Å². The zero-order valence-electron chi connectivity index (χ0n) is 23.1. The summed E-state index contributed by atoms with van der Waals surface area (Å²) in [6.45, 7) is 14.4. The molecule has 196 valence electrons. The van der Waals surface area contributed by atoms with Gasteiger partial charge in [0, 0.05) is 25.8 Å². The number of carbonyl (C=O) groups excluding carboxylic acids is 1. The summed E-state index contributed by atoms with van der Waals surface area (Å²) >= 11 is 0. The highest BCUT2D eigenvalue weighted by Crippen LogP contribution is 2.72. The lowest BCUT2D eigenvalue weighted by Crippen LogP contribution is -2.50. The predicted octanol–water partition coefficient (Wildman–Crippen LogP) is 6.54. The highest BCUT2D eigenvalue weighted by molar-refractivity contribution is 5.72.